The lowest BCUT2D eigenvalue weighted by Gasteiger charge is -2.61. The largest absolute Gasteiger partial charge is 0.0993 e. The Hall–Kier alpha value is -0.260. The monoisotopic (exact) mass is 314 g/mol. The highest BCUT2D eigenvalue weighted by Gasteiger charge is 2.60. The van der Waals surface area contributed by atoms with Crippen molar-refractivity contribution in [2.45, 2.75) is 91.4 Å². The van der Waals surface area contributed by atoms with Gasteiger partial charge in [-0.15, -0.1) is 0 Å². The van der Waals surface area contributed by atoms with Crippen molar-refractivity contribution in [2.24, 2.45) is 40.4 Å². The first-order valence-corrected chi connectivity index (χ1v) is 10.7. The summed E-state index contributed by atoms with van der Waals surface area (Å²) < 4.78 is 0. The maximum absolute atomic E-state index is 4.72. The van der Waals surface area contributed by atoms with Crippen molar-refractivity contribution < 1.29 is 0 Å². The molecule has 4 aliphatic rings. The number of rotatable bonds is 2. The van der Waals surface area contributed by atoms with Crippen LogP contribution in [-0.4, -0.2) is 0 Å². The Morgan fingerprint density at radius 2 is 1.83 bits per heavy atom. The normalized spacial score (nSPS) is 52.7. The molecule has 0 bridgehead atoms. The zero-order valence-electron chi connectivity index (χ0n) is 15.9. The average Bonchev–Trinajstić information content (AvgIpc) is 2.87. The first-order valence-electron chi connectivity index (χ1n) is 10.7. The first kappa shape index (κ1) is 16.2. The summed E-state index contributed by atoms with van der Waals surface area (Å²) in [6.45, 7) is 12.4. The van der Waals surface area contributed by atoms with Crippen molar-refractivity contribution in [3.05, 3.63) is 12.2 Å². The van der Waals surface area contributed by atoms with Crippen molar-refractivity contribution in [1.82, 2.24) is 0 Å². The molecule has 4 saturated carbocycles. The van der Waals surface area contributed by atoms with E-state index < -0.39 is 0 Å². The molecule has 23 heavy (non-hydrogen) atoms. The quantitative estimate of drug-likeness (QED) is 0.481. The summed E-state index contributed by atoms with van der Waals surface area (Å²) in [6, 6.07) is 0. The molecular weight excluding hydrogens is 276 g/mol. The molecule has 0 heteroatoms. The molecule has 0 nitrogen and oxygen atoms in total. The molecule has 4 fully saturated rings. The van der Waals surface area contributed by atoms with Crippen LogP contribution in [0.1, 0.15) is 91.4 Å². The molecule has 0 amide bonds. The molecule has 0 aromatic heterocycles. The average molecular weight is 315 g/mol. The van der Waals surface area contributed by atoms with Gasteiger partial charge in [0.1, 0.15) is 0 Å². The minimum atomic E-state index is 0.481. The van der Waals surface area contributed by atoms with Crippen molar-refractivity contribution in [2.75, 3.05) is 0 Å². The fourth-order valence-corrected chi connectivity index (χ4v) is 8.11. The topological polar surface area (TPSA) is 0 Å². The molecule has 4 rings (SSSR count). The van der Waals surface area contributed by atoms with E-state index in [0.717, 1.165) is 29.6 Å². The van der Waals surface area contributed by atoms with E-state index in [1.165, 1.54) is 70.6 Å². The van der Waals surface area contributed by atoms with Gasteiger partial charge in [-0.2, -0.15) is 0 Å². The van der Waals surface area contributed by atoms with Crippen LogP contribution in [0.3, 0.4) is 0 Å². The molecule has 7 unspecified atom stereocenters. The molecule has 0 aromatic carbocycles. The zero-order valence-corrected chi connectivity index (χ0v) is 15.9. The lowest BCUT2D eigenvalue weighted by atomic mass is 9.44. The Morgan fingerprint density at radius 1 is 1.00 bits per heavy atom. The van der Waals surface area contributed by atoms with E-state index in [1.54, 1.807) is 5.57 Å². The molecule has 0 N–H and O–H groups in total. The van der Waals surface area contributed by atoms with Gasteiger partial charge in [0.05, 0.1) is 0 Å². The van der Waals surface area contributed by atoms with E-state index in [9.17, 15) is 0 Å². The molecule has 0 aliphatic heterocycles. The maximum Gasteiger partial charge on any atom is -0.00597 e. The molecule has 0 saturated heterocycles. The van der Waals surface area contributed by atoms with Gasteiger partial charge in [-0.1, -0.05) is 52.2 Å². The smallest absolute Gasteiger partial charge is 0.00597 e. The molecule has 0 radical (unpaired) electrons. The van der Waals surface area contributed by atoms with Gasteiger partial charge in [0.15, 0.2) is 0 Å². The number of hydrogen-bond acceptors (Lipinski definition) is 0. The second kappa shape index (κ2) is 5.63. The summed E-state index contributed by atoms with van der Waals surface area (Å²) in [4.78, 5) is 0. The fraction of sp³-hybridized carbons (Fsp3) is 0.913. The minimum absolute atomic E-state index is 0.481. The predicted molar refractivity (Wildman–Crippen MR) is 99.3 cm³/mol. The summed E-state index contributed by atoms with van der Waals surface area (Å²) in [5.74, 6) is 4.91. The number of allylic oxidation sites excluding steroid dienone is 1. The number of hydrogen-bond donors (Lipinski definition) is 0. The van der Waals surface area contributed by atoms with E-state index >= 15 is 0 Å². The molecule has 0 spiro atoms. The summed E-state index contributed by atoms with van der Waals surface area (Å²) in [7, 11) is 0. The summed E-state index contributed by atoms with van der Waals surface area (Å²) >= 11 is 0. The summed E-state index contributed by atoms with van der Waals surface area (Å²) in [6.07, 6.45) is 16.2. The van der Waals surface area contributed by atoms with Crippen LogP contribution in [-0.2, 0) is 0 Å². The Kier molecular flexibility index (Phi) is 3.97. The van der Waals surface area contributed by atoms with Gasteiger partial charge in [-0.25, -0.2) is 0 Å². The van der Waals surface area contributed by atoms with E-state index in [0.29, 0.717) is 10.8 Å². The molecular formula is C23H38. The summed E-state index contributed by atoms with van der Waals surface area (Å²) in [5.41, 5.74) is 2.79. The van der Waals surface area contributed by atoms with Crippen LogP contribution in [0, 0.1) is 40.4 Å². The first-order chi connectivity index (χ1) is 11.0. The second-order valence-electron chi connectivity index (χ2n) is 10.1. The van der Waals surface area contributed by atoms with Gasteiger partial charge in [0, 0.05) is 0 Å². The Balaban J connectivity index is 1.66. The Morgan fingerprint density at radius 3 is 2.61 bits per heavy atom. The van der Waals surface area contributed by atoms with Gasteiger partial charge in [-0.05, 0) is 91.8 Å². The number of fused-ring (bicyclic) bond motifs is 5. The molecule has 4 aliphatic carbocycles. The molecule has 130 valence electrons. The highest BCUT2D eigenvalue weighted by molar-refractivity contribution is 5.24. The van der Waals surface area contributed by atoms with Crippen molar-refractivity contribution in [1.29, 1.82) is 0 Å². The highest BCUT2D eigenvalue weighted by Crippen LogP contribution is 2.69. The van der Waals surface area contributed by atoms with Gasteiger partial charge < -0.3 is 0 Å². The zero-order chi connectivity index (χ0) is 16.2. The fourth-order valence-electron chi connectivity index (χ4n) is 8.11. The van der Waals surface area contributed by atoms with Crippen molar-refractivity contribution in [3.8, 4) is 0 Å². The Labute approximate surface area is 144 Å². The van der Waals surface area contributed by atoms with E-state index in [2.05, 4.69) is 20.8 Å². The molecule has 7 atom stereocenters. The van der Waals surface area contributed by atoms with Crippen molar-refractivity contribution in [3.63, 3.8) is 0 Å². The minimum Gasteiger partial charge on any atom is -0.0993 e. The second-order valence-corrected chi connectivity index (χ2v) is 10.1. The van der Waals surface area contributed by atoms with Gasteiger partial charge in [0.25, 0.3) is 0 Å². The molecule has 0 aromatic rings. The van der Waals surface area contributed by atoms with Gasteiger partial charge in [0.2, 0.25) is 0 Å². The van der Waals surface area contributed by atoms with Crippen LogP contribution in [0.5, 0.6) is 0 Å². The summed E-state index contributed by atoms with van der Waals surface area (Å²) in [5, 5.41) is 0. The van der Waals surface area contributed by atoms with E-state index in [4.69, 9.17) is 6.58 Å². The van der Waals surface area contributed by atoms with Crippen LogP contribution in [0.25, 0.3) is 0 Å². The molecule has 0 heterocycles. The highest BCUT2D eigenvalue weighted by atomic mass is 14.6. The standard InChI is InChI=1S/C23H38/c1-5-8-18-11-13-20-19-12-10-17-9-6-7-14-22(17,3)21(19)15-16(2)23(18,20)4/h17-21H,2,5-15H2,1,3-4H3. The van der Waals surface area contributed by atoms with Crippen molar-refractivity contribution >= 4 is 0 Å². The lowest BCUT2D eigenvalue weighted by Crippen LogP contribution is -2.53. The van der Waals surface area contributed by atoms with Crippen LogP contribution >= 0.6 is 0 Å². The third-order valence-electron chi connectivity index (χ3n) is 9.49. The lowest BCUT2D eigenvalue weighted by molar-refractivity contribution is -0.0885. The third-order valence-corrected chi connectivity index (χ3v) is 9.49. The maximum atomic E-state index is 4.72. The SMILES string of the molecule is C=C1CC2C(CCC3CCCCC32C)C2CCC(CCC)C12C. The van der Waals surface area contributed by atoms with Gasteiger partial charge in [-0.3, -0.25) is 0 Å². The van der Waals surface area contributed by atoms with E-state index in [1.807, 2.05) is 0 Å². The van der Waals surface area contributed by atoms with Crippen LogP contribution < -0.4 is 0 Å². The van der Waals surface area contributed by atoms with Crippen LogP contribution in [0.15, 0.2) is 12.2 Å². The third kappa shape index (κ3) is 2.15. The van der Waals surface area contributed by atoms with Gasteiger partial charge >= 0.3 is 0 Å². The van der Waals surface area contributed by atoms with Crippen LogP contribution in [0.2, 0.25) is 0 Å². The predicted octanol–water partition coefficient (Wildman–Crippen LogP) is 7.00. The van der Waals surface area contributed by atoms with E-state index in [-0.39, 0.29) is 0 Å². The van der Waals surface area contributed by atoms with Crippen LogP contribution in [0.4, 0.5) is 0 Å². The Bertz CT molecular complexity index is 476.